The van der Waals surface area contributed by atoms with E-state index >= 15 is 0 Å². The Morgan fingerprint density at radius 1 is 0.217 bits per heavy atom. The maximum atomic E-state index is 2.52. The average Bonchev–Trinajstić information content (AvgIpc) is 4.03. The third kappa shape index (κ3) is 4.73. The van der Waals surface area contributed by atoms with Crippen LogP contribution in [0.2, 0.25) is 0 Å². The fraction of sp³-hybridized carbons (Fsp3) is 0.0145. The SMILES string of the molecule is c1ccc(-c2c3c(c(-c4ccccc4)c4ccccc24)-c2ccc(-c4ccc5c6c(c7ccccc7c5c4)-c4cc5ccccc5cc4C64c5ccccc5-c5ccccc54)c4cccc-3c24)cc1. The van der Waals surface area contributed by atoms with E-state index in [1.165, 1.54) is 154 Å². The Morgan fingerprint density at radius 3 is 1.36 bits per heavy atom. The third-order valence-corrected chi connectivity index (χ3v) is 16.1. The molecule has 0 radical (unpaired) electrons. The molecule has 3 aliphatic carbocycles. The molecule has 0 nitrogen and oxygen atoms in total. The highest BCUT2D eigenvalue weighted by atomic mass is 14.5. The summed E-state index contributed by atoms with van der Waals surface area (Å²) in [6, 6.07) is 91.8. The van der Waals surface area contributed by atoms with Gasteiger partial charge in [-0.2, -0.15) is 0 Å². The number of hydrogen-bond donors (Lipinski definition) is 0. The molecule has 0 saturated heterocycles. The molecule has 69 heavy (non-hydrogen) atoms. The van der Waals surface area contributed by atoms with Crippen molar-refractivity contribution >= 4 is 53.9 Å². The molecule has 13 aromatic carbocycles. The van der Waals surface area contributed by atoms with Crippen LogP contribution in [0.3, 0.4) is 0 Å². The lowest BCUT2D eigenvalue weighted by Crippen LogP contribution is -2.26. The highest BCUT2D eigenvalue weighted by Crippen LogP contribution is 2.66. The molecular weight excluding hydrogens is 829 g/mol. The van der Waals surface area contributed by atoms with E-state index in [4.69, 9.17) is 0 Å². The predicted octanol–water partition coefficient (Wildman–Crippen LogP) is 18.4. The molecule has 0 N–H and O–H groups in total. The van der Waals surface area contributed by atoms with Crippen molar-refractivity contribution in [2.24, 2.45) is 0 Å². The zero-order valence-corrected chi connectivity index (χ0v) is 37.6. The monoisotopic (exact) mass is 868 g/mol. The van der Waals surface area contributed by atoms with Gasteiger partial charge in [0.2, 0.25) is 0 Å². The lowest BCUT2D eigenvalue weighted by Gasteiger charge is -2.32. The van der Waals surface area contributed by atoms with Crippen molar-refractivity contribution in [3.63, 3.8) is 0 Å². The van der Waals surface area contributed by atoms with E-state index in [0.29, 0.717) is 0 Å². The summed E-state index contributed by atoms with van der Waals surface area (Å²) in [5.41, 5.74) is 23.2. The minimum absolute atomic E-state index is 0.490. The van der Waals surface area contributed by atoms with Gasteiger partial charge in [-0.25, -0.2) is 0 Å². The predicted molar refractivity (Wildman–Crippen MR) is 291 cm³/mol. The summed E-state index contributed by atoms with van der Waals surface area (Å²) in [7, 11) is 0. The van der Waals surface area contributed by atoms with E-state index in [9.17, 15) is 0 Å². The molecule has 13 aromatic rings. The smallest absolute Gasteiger partial charge is 0.0622 e. The van der Waals surface area contributed by atoms with Crippen LogP contribution in [0.4, 0.5) is 0 Å². The summed E-state index contributed by atoms with van der Waals surface area (Å²) in [5.74, 6) is 0. The number of fused-ring (bicyclic) bond motifs is 20. The van der Waals surface area contributed by atoms with Crippen LogP contribution in [-0.4, -0.2) is 0 Å². The molecule has 0 atom stereocenters. The fourth-order valence-corrected chi connectivity index (χ4v) is 13.6. The third-order valence-electron chi connectivity index (χ3n) is 16.1. The number of rotatable bonds is 3. The van der Waals surface area contributed by atoms with Crippen LogP contribution in [0.25, 0.3) is 132 Å². The molecule has 0 saturated carbocycles. The van der Waals surface area contributed by atoms with E-state index in [2.05, 4.69) is 243 Å². The van der Waals surface area contributed by atoms with Crippen molar-refractivity contribution in [1.29, 1.82) is 0 Å². The van der Waals surface area contributed by atoms with Crippen molar-refractivity contribution in [2.45, 2.75) is 5.41 Å². The zero-order chi connectivity index (χ0) is 45.0. The van der Waals surface area contributed by atoms with E-state index < -0.39 is 5.41 Å². The van der Waals surface area contributed by atoms with E-state index in [1.54, 1.807) is 0 Å². The summed E-state index contributed by atoms with van der Waals surface area (Å²) in [6.45, 7) is 0. The molecule has 0 aromatic heterocycles. The Bertz CT molecular complexity index is 4260. The van der Waals surface area contributed by atoms with Crippen molar-refractivity contribution < 1.29 is 0 Å². The molecule has 0 amide bonds. The first-order valence-electron chi connectivity index (χ1n) is 24.3. The fourth-order valence-electron chi connectivity index (χ4n) is 13.6. The van der Waals surface area contributed by atoms with Crippen molar-refractivity contribution in [2.75, 3.05) is 0 Å². The van der Waals surface area contributed by atoms with Gasteiger partial charge in [0.05, 0.1) is 5.41 Å². The van der Waals surface area contributed by atoms with Crippen LogP contribution in [0.15, 0.2) is 243 Å². The van der Waals surface area contributed by atoms with E-state index in [0.717, 1.165) is 0 Å². The summed E-state index contributed by atoms with van der Waals surface area (Å²) < 4.78 is 0. The highest BCUT2D eigenvalue weighted by Gasteiger charge is 2.53. The van der Waals surface area contributed by atoms with Gasteiger partial charge in [-0.05, 0) is 172 Å². The molecule has 0 heteroatoms. The van der Waals surface area contributed by atoms with Crippen LogP contribution in [-0.2, 0) is 5.41 Å². The molecule has 3 aliphatic rings. The Kier molecular flexibility index (Phi) is 7.36. The van der Waals surface area contributed by atoms with Crippen molar-refractivity contribution in [3.8, 4) is 77.9 Å². The van der Waals surface area contributed by atoms with Gasteiger partial charge in [0.25, 0.3) is 0 Å². The summed E-state index contributed by atoms with van der Waals surface area (Å²) in [5, 5.41) is 12.9. The highest BCUT2D eigenvalue weighted by molar-refractivity contribution is 6.29. The normalized spacial score (nSPS) is 13.3. The second-order valence-corrected chi connectivity index (χ2v) is 19.3. The topological polar surface area (TPSA) is 0 Å². The quantitative estimate of drug-likeness (QED) is 0.155. The van der Waals surface area contributed by atoms with Gasteiger partial charge in [0, 0.05) is 0 Å². The average molecular weight is 869 g/mol. The molecular formula is C69H40. The second-order valence-electron chi connectivity index (χ2n) is 19.3. The van der Waals surface area contributed by atoms with Crippen molar-refractivity contribution in [1.82, 2.24) is 0 Å². The van der Waals surface area contributed by atoms with Crippen LogP contribution < -0.4 is 0 Å². The van der Waals surface area contributed by atoms with Crippen LogP contribution in [0, 0.1) is 0 Å². The first-order valence-corrected chi connectivity index (χ1v) is 24.3. The van der Waals surface area contributed by atoms with Gasteiger partial charge in [0.15, 0.2) is 0 Å². The van der Waals surface area contributed by atoms with Crippen molar-refractivity contribution in [3.05, 3.63) is 265 Å². The van der Waals surface area contributed by atoms with E-state index in [-0.39, 0.29) is 0 Å². The summed E-state index contributed by atoms with van der Waals surface area (Å²) >= 11 is 0. The molecule has 0 bridgehead atoms. The zero-order valence-electron chi connectivity index (χ0n) is 37.6. The Labute approximate surface area is 400 Å². The van der Waals surface area contributed by atoms with Crippen LogP contribution >= 0.6 is 0 Å². The maximum Gasteiger partial charge on any atom is 0.0731 e. The lowest BCUT2D eigenvalue weighted by atomic mass is 9.69. The first kappa shape index (κ1) is 37.3. The lowest BCUT2D eigenvalue weighted by molar-refractivity contribution is 0.803. The Balaban J connectivity index is 0.996. The van der Waals surface area contributed by atoms with Gasteiger partial charge < -0.3 is 0 Å². The van der Waals surface area contributed by atoms with Gasteiger partial charge in [-0.1, -0.05) is 224 Å². The molecule has 16 rings (SSSR count). The second kappa shape index (κ2) is 13.6. The summed E-state index contributed by atoms with van der Waals surface area (Å²) in [6.07, 6.45) is 0. The van der Waals surface area contributed by atoms with Gasteiger partial charge >= 0.3 is 0 Å². The van der Waals surface area contributed by atoms with Gasteiger partial charge in [-0.3, -0.25) is 0 Å². The maximum absolute atomic E-state index is 2.52. The minimum Gasteiger partial charge on any atom is -0.0622 e. The van der Waals surface area contributed by atoms with Gasteiger partial charge in [-0.15, -0.1) is 0 Å². The standard InChI is InChI=1S/C69H40/c1-3-18-41(19-4-1)62-52-28-11-12-29-53(52)63(42-20-5-2-6-21-42)67-56-37-36-46(50-30-17-31-55(64(50)56)66(62)67)45-34-35-54-57(39-45)47-24-9-10-27-51(47)65-58-38-43-22-7-8-23-44(43)40-61(58)69(68(54)65)59-32-15-13-25-48(59)49-26-14-16-33-60(49)69/h1-40H. The van der Waals surface area contributed by atoms with Crippen LogP contribution in [0.5, 0.6) is 0 Å². The summed E-state index contributed by atoms with van der Waals surface area (Å²) in [4.78, 5) is 0. The largest absolute Gasteiger partial charge is 0.0731 e. The van der Waals surface area contributed by atoms with E-state index in [1.807, 2.05) is 0 Å². The van der Waals surface area contributed by atoms with Gasteiger partial charge in [0.1, 0.15) is 0 Å². The number of hydrogen-bond acceptors (Lipinski definition) is 0. The Hall–Kier alpha value is -8.84. The molecule has 0 fully saturated rings. The van der Waals surface area contributed by atoms with Crippen LogP contribution in [0.1, 0.15) is 22.3 Å². The number of benzene rings is 13. The molecule has 1 spiro atoms. The molecule has 0 unspecified atom stereocenters. The molecule has 0 aliphatic heterocycles. The molecule has 316 valence electrons. The minimum atomic E-state index is -0.490. The molecule has 0 heterocycles. The Morgan fingerprint density at radius 2 is 0.710 bits per heavy atom. The first-order chi connectivity index (χ1) is 34.3.